The predicted molar refractivity (Wildman–Crippen MR) is 55.7 cm³/mol. The minimum absolute atomic E-state index is 0.0740. The van der Waals surface area contributed by atoms with E-state index in [0.717, 1.165) is 18.8 Å². The molecule has 3 nitrogen and oxygen atoms in total. The Morgan fingerprint density at radius 3 is 3.14 bits per heavy atom. The molecule has 0 saturated carbocycles. The van der Waals surface area contributed by atoms with Gasteiger partial charge in [-0.1, -0.05) is 12.1 Å². The van der Waals surface area contributed by atoms with Crippen molar-refractivity contribution in [3.63, 3.8) is 0 Å². The van der Waals surface area contributed by atoms with Gasteiger partial charge in [0.1, 0.15) is 6.04 Å². The van der Waals surface area contributed by atoms with E-state index < -0.39 is 0 Å². The Balaban J connectivity index is 2.07. The third kappa shape index (κ3) is 0.953. The molecule has 2 heterocycles. The van der Waals surface area contributed by atoms with Crippen molar-refractivity contribution in [1.82, 2.24) is 0 Å². The minimum Gasteiger partial charge on any atom is -0.381 e. The Morgan fingerprint density at radius 1 is 1.36 bits per heavy atom. The van der Waals surface area contributed by atoms with Crippen molar-refractivity contribution in [2.75, 3.05) is 23.3 Å². The van der Waals surface area contributed by atoms with Crippen molar-refractivity contribution in [1.29, 1.82) is 0 Å². The summed E-state index contributed by atoms with van der Waals surface area (Å²) in [5.41, 5.74) is 2.33. The second-order valence-electron chi connectivity index (χ2n) is 3.82. The predicted octanol–water partition coefficient (Wildman–Crippen LogP) is 1.26. The standard InChI is InChI=1S/C11H12N2O/c14-11-5-6-13-9-4-2-1-3-8(9)12-7-10(11)13/h1-4,10,12H,5-7H2. The van der Waals surface area contributed by atoms with Crippen LogP contribution >= 0.6 is 0 Å². The molecular formula is C11H12N2O. The van der Waals surface area contributed by atoms with E-state index in [1.54, 1.807) is 0 Å². The maximum absolute atomic E-state index is 11.5. The van der Waals surface area contributed by atoms with Gasteiger partial charge in [-0.2, -0.15) is 0 Å². The van der Waals surface area contributed by atoms with Crippen LogP contribution in [-0.2, 0) is 4.79 Å². The van der Waals surface area contributed by atoms with Gasteiger partial charge >= 0.3 is 0 Å². The van der Waals surface area contributed by atoms with Crippen molar-refractivity contribution in [2.45, 2.75) is 12.5 Å². The fourth-order valence-electron chi connectivity index (χ4n) is 2.32. The van der Waals surface area contributed by atoms with E-state index in [-0.39, 0.29) is 6.04 Å². The number of rotatable bonds is 0. The Kier molecular flexibility index (Phi) is 1.54. The highest BCUT2D eigenvalue weighted by atomic mass is 16.1. The third-order valence-corrected chi connectivity index (χ3v) is 3.05. The van der Waals surface area contributed by atoms with Crippen molar-refractivity contribution < 1.29 is 4.79 Å². The molecule has 14 heavy (non-hydrogen) atoms. The van der Waals surface area contributed by atoms with Crippen molar-refractivity contribution in [3.8, 4) is 0 Å². The van der Waals surface area contributed by atoms with E-state index in [4.69, 9.17) is 0 Å². The highest BCUT2D eigenvalue weighted by Crippen LogP contribution is 2.34. The summed E-state index contributed by atoms with van der Waals surface area (Å²) in [7, 11) is 0. The first-order valence-electron chi connectivity index (χ1n) is 4.98. The first-order valence-corrected chi connectivity index (χ1v) is 4.98. The van der Waals surface area contributed by atoms with Gasteiger partial charge < -0.3 is 10.2 Å². The van der Waals surface area contributed by atoms with Gasteiger partial charge in [0.15, 0.2) is 5.78 Å². The molecule has 0 radical (unpaired) electrons. The van der Waals surface area contributed by atoms with E-state index in [9.17, 15) is 4.79 Å². The molecule has 0 amide bonds. The van der Waals surface area contributed by atoms with Crippen molar-refractivity contribution in [3.05, 3.63) is 24.3 Å². The molecule has 1 aromatic rings. The number of carbonyl (C=O) groups excluding carboxylic acids is 1. The lowest BCUT2D eigenvalue weighted by molar-refractivity contribution is -0.118. The summed E-state index contributed by atoms with van der Waals surface area (Å²) in [4.78, 5) is 13.8. The zero-order valence-corrected chi connectivity index (χ0v) is 7.86. The van der Waals surface area contributed by atoms with Crippen LogP contribution in [0.2, 0.25) is 0 Å². The molecule has 72 valence electrons. The minimum atomic E-state index is 0.0740. The van der Waals surface area contributed by atoms with Gasteiger partial charge in [0.05, 0.1) is 11.4 Å². The molecule has 3 heteroatoms. The lowest BCUT2D eigenvalue weighted by atomic mass is 10.1. The summed E-state index contributed by atoms with van der Waals surface area (Å²) < 4.78 is 0. The Labute approximate surface area is 82.7 Å². The van der Waals surface area contributed by atoms with Crippen molar-refractivity contribution in [2.24, 2.45) is 0 Å². The Hall–Kier alpha value is -1.51. The maximum atomic E-state index is 11.5. The van der Waals surface area contributed by atoms with Crippen LogP contribution < -0.4 is 10.2 Å². The molecule has 1 aromatic carbocycles. The quantitative estimate of drug-likeness (QED) is 0.665. The van der Waals surface area contributed by atoms with Crippen molar-refractivity contribution >= 4 is 17.2 Å². The van der Waals surface area contributed by atoms with Gasteiger partial charge in [-0.05, 0) is 12.1 Å². The molecule has 0 spiro atoms. The molecule has 1 atom stereocenters. The summed E-state index contributed by atoms with van der Waals surface area (Å²) in [6.07, 6.45) is 0.695. The van der Waals surface area contributed by atoms with E-state index in [1.165, 1.54) is 5.69 Å². The molecule has 1 saturated heterocycles. The molecule has 1 fully saturated rings. The zero-order chi connectivity index (χ0) is 9.54. The number of Topliss-reactive ketones (excluding diaryl/α,β-unsaturated/α-hetero) is 1. The number of hydrogen-bond acceptors (Lipinski definition) is 3. The highest BCUT2D eigenvalue weighted by molar-refractivity contribution is 5.94. The first-order chi connectivity index (χ1) is 6.86. The summed E-state index contributed by atoms with van der Waals surface area (Å²) in [6, 6.07) is 8.25. The summed E-state index contributed by atoms with van der Waals surface area (Å²) in [5, 5.41) is 3.30. The summed E-state index contributed by atoms with van der Waals surface area (Å²) in [6.45, 7) is 1.64. The number of hydrogen-bond donors (Lipinski definition) is 1. The number of para-hydroxylation sites is 2. The van der Waals surface area contributed by atoms with Crippen LogP contribution in [0.3, 0.4) is 0 Å². The molecule has 1 unspecified atom stereocenters. The van der Waals surface area contributed by atoms with Crippen LogP contribution in [0.4, 0.5) is 11.4 Å². The SMILES string of the molecule is O=C1CCN2c3ccccc3NCC12. The summed E-state index contributed by atoms with van der Waals surface area (Å²) >= 11 is 0. The monoisotopic (exact) mass is 188 g/mol. The van der Waals surface area contributed by atoms with E-state index in [2.05, 4.69) is 22.3 Å². The number of nitrogens with one attached hydrogen (secondary N) is 1. The number of benzene rings is 1. The van der Waals surface area contributed by atoms with Gasteiger partial charge in [0, 0.05) is 19.5 Å². The fraction of sp³-hybridized carbons (Fsp3) is 0.364. The zero-order valence-electron chi connectivity index (χ0n) is 7.86. The number of carbonyl (C=O) groups is 1. The highest BCUT2D eigenvalue weighted by Gasteiger charge is 2.35. The van der Waals surface area contributed by atoms with E-state index in [1.807, 2.05) is 12.1 Å². The van der Waals surface area contributed by atoms with Gasteiger partial charge in [-0.25, -0.2) is 0 Å². The van der Waals surface area contributed by atoms with Gasteiger partial charge in [0.25, 0.3) is 0 Å². The average Bonchev–Trinajstić information content (AvgIpc) is 2.61. The molecule has 0 aliphatic carbocycles. The van der Waals surface area contributed by atoms with E-state index >= 15 is 0 Å². The molecule has 0 bridgehead atoms. The lowest BCUT2D eigenvalue weighted by Gasteiger charge is -2.33. The largest absolute Gasteiger partial charge is 0.381 e. The van der Waals surface area contributed by atoms with Crippen LogP contribution in [0.5, 0.6) is 0 Å². The van der Waals surface area contributed by atoms with Gasteiger partial charge in [-0.15, -0.1) is 0 Å². The van der Waals surface area contributed by atoms with Crippen LogP contribution in [0.1, 0.15) is 6.42 Å². The van der Waals surface area contributed by atoms with Crippen LogP contribution in [0, 0.1) is 0 Å². The number of anilines is 2. The molecule has 0 aromatic heterocycles. The maximum Gasteiger partial charge on any atom is 0.158 e. The lowest BCUT2D eigenvalue weighted by Crippen LogP contribution is -2.42. The van der Waals surface area contributed by atoms with E-state index in [0.29, 0.717) is 12.2 Å². The smallest absolute Gasteiger partial charge is 0.158 e. The van der Waals surface area contributed by atoms with Gasteiger partial charge in [-0.3, -0.25) is 4.79 Å². The Morgan fingerprint density at radius 2 is 2.21 bits per heavy atom. The molecule has 2 aliphatic heterocycles. The number of nitrogens with zero attached hydrogens (tertiary/aromatic N) is 1. The molecule has 1 N–H and O–H groups in total. The normalized spacial score (nSPS) is 24.1. The van der Waals surface area contributed by atoms with Crippen LogP contribution in [0.15, 0.2) is 24.3 Å². The topological polar surface area (TPSA) is 32.3 Å². The Bertz CT molecular complexity index is 389. The average molecular weight is 188 g/mol. The third-order valence-electron chi connectivity index (χ3n) is 3.05. The fourth-order valence-corrected chi connectivity index (χ4v) is 2.32. The molecule has 2 aliphatic rings. The van der Waals surface area contributed by atoms with Crippen LogP contribution in [0.25, 0.3) is 0 Å². The number of ketones is 1. The first kappa shape index (κ1) is 7.85. The summed E-state index contributed by atoms with van der Waals surface area (Å²) in [5.74, 6) is 0.368. The molecular weight excluding hydrogens is 176 g/mol. The molecule has 3 rings (SSSR count). The van der Waals surface area contributed by atoms with Gasteiger partial charge in [0.2, 0.25) is 0 Å². The second-order valence-corrected chi connectivity index (χ2v) is 3.82. The second kappa shape index (κ2) is 2.74. The number of fused-ring (bicyclic) bond motifs is 3. The van der Waals surface area contributed by atoms with Crippen LogP contribution in [-0.4, -0.2) is 24.9 Å².